The molecule has 0 atom stereocenters. The Hall–Kier alpha value is -3.72. The average molecular weight is 492 g/mol. The molecule has 0 saturated heterocycles. The molecule has 0 fully saturated rings. The van der Waals surface area contributed by atoms with Gasteiger partial charge in [-0.25, -0.2) is 8.42 Å². The van der Waals surface area contributed by atoms with E-state index in [1.165, 1.54) is 42.1 Å². The van der Waals surface area contributed by atoms with Crippen LogP contribution in [0, 0.1) is 18.3 Å². The predicted octanol–water partition coefficient (Wildman–Crippen LogP) is 3.68. The third kappa shape index (κ3) is 6.41. The second kappa shape index (κ2) is 9.64. The monoisotopic (exact) mass is 492 g/mol. The van der Waals surface area contributed by atoms with Crippen molar-refractivity contribution in [3.05, 3.63) is 69.8 Å². The lowest BCUT2D eigenvalue weighted by molar-refractivity contribution is -0.129. The van der Waals surface area contributed by atoms with Gasteiger partial charge in [0.2, 0.25) is 5.56 Å². The van der Waals surface area contributed by atoms with Crippen molar-refractivity contribution >= 4 is 9.84 Å². The predicted molar refractivity (Wildman–Crippen MR) is 117 cm³/mol. The fraction of sp³-hybridized carbons (Fsp3) is 0.273. The first-order valence-electron chi connectivity index (χ1n) is 9.86. The molecule has 0 amide bonds. The summed E-state index contributed by atoms with van der Waals surface area (Å²) < 4.78 is 69.3. The molecule has 34 heavy (non-hydrogen) atoms. The highest BCUT2D eigenvalue weighted by Crippen LogP contribution is 2.29. The Balaban J connectivity index is 2.06. The first kappa shape index (κ1) is 24.9. The van der Waals surface area contributed by atoms with Gasteiger partial charge in [-0.3, -0.25) is 4.79 Å². The number of benzene rings is 1. The number of nitrogens with zero attached hydrogens (tertiary/aromatic N) is 4. The van der Waals surface area contributed by atoms with Gasteiger partial charge in [0, 0.05) is 24.9 Å². The molecule has 2 aromatic heterocycles. The second-order valence-electron chi connectivity index (χ2n) is 7.52. The Bertz CT molecular complexity index is 1430. The second-order valence-corrected chi connectivity index (χ2v) is 9.70. The van der Waals surface area contributed by atoms with Crippen molar-refractivity contribution in [3.63, 3.8) is 0 Å². The van der Waals surface area contributed by atoms with Crippen LogP contribution in [0.2, 0.25) is 0 Å². The van der Waals surface area contributed by atoms with Gasteiger partial charge in [-0.1, -0.05) is 12.1 Å². The third-order valence-electron chi connectivity index (χ3n) is 4.73. The molecule has 1 aromatic carbocycles. The number of ether oxygens (including phenoxy) is 1. The number of hydrogen-bond donors (Lipinski definition) is 0. The molecule has 0 aliphatic rings. The van der Waals surface area contributed by atoms with Gasteiger partial charge in [0.25, 0.3) is 0 Å². The van der Waals surface area contributed by atoms with Crippen LogP contribution in [0.5, 0.6) is 11.8 Å². The van der Waals surface area contributed by atoms with Crippen molar-refractivity contribution in [1.29, 1.82) is 5.26 Å². The SMILES string of the molecule is Cc1cccc(C#N)c1Oc1nc(CS(=O)(=O)CCC(F)(F)F)cc(-c2ccc(=O)n(C)c2)n1. The minimum absolute atomic E-state index is 0.0943. The average Bonchev–Trinajstić information content (AvgIpc) is 2.75. The molecule has 0 radical (unpaired) electrons. The van der Waals surface area contributed by atoms with Gasteiger partial charge >= 0.3 is 12.2 Å². The van der Waals surface area contributed by atoms with Crippen LogP contribution in [-0.2, 0) is 22.6 Å². The highest BCUT2D eigenvalue weighted by molar-refractivity contribution is 7.90. The summed E-state index contributed by atoms with van der Waals surface area (Å²) in [4.78, 5) is 20.1. The van der Waals surface area contributed by atoms with Crippen LogP contribution in [0.3, 0.4) is 0 Å². The van der Waals surface area contributed by atoms with Gasteiger partial charge in [0.05, 0.1) is 34.9 Å². The molecule has 0 N–H and O–H groups in total. The zero-order valence-corrected chi connectivity index (χ0v) is 18.9. The topological polar surface area (TPSA) is 115 Å². The molecule has 0 spiro atoms. The smallest absolute Gasteiger partial charge is 0.390 e. The fourth-order valence-electron chi connectivity index (χ4n) is 3.02. The van der Waals surface area contributed by atoms with E-state index in [1.807, 2.05) is 6.07 Å². The van der Waals surface area contributed by atoms with E-state index >= 15 is 0 Å². The number of halogens is 3. The number of alkyl halides is 3. The standard InChI is InChI=1S/C22H19F3N4O4S/c1-14-4-3-5-15(11-26)20(14)33-21-27-17(13-34(31,32)9-8-22(23,24)25)10-18(28-21)16-6-7-19(30)29(2)12-16/h3-7,10,12H,8-9,13H2,1-2H3. The van der Waals surface area contributed by atoms with E-state index in [1.54, 1.807) is 19.1 Å². The van der Waals surface area contributed by atoms with Crippen LogP contribution in [0.15, 0.2) is 47.4 Å². The number of hydrogen-bond acceptors (Lipinski definition) is 7. The molecule has 0 aliphatic heterocycles. The van der Waals surface area contributed by atoms with Crippen LogP contribution >= 0.6 is 0 Å². The van der Waals surface area contributed by atoms with E-state index in [2.05, 4.69) is 9.97 Å². The lowest BCUT2D eigenvalue weighted by Crippen LogP contribution is -2.18. The van der Waals surface area contributed by atoms with Gasteiger partial charge < -0.3 is 9.30 Å². The van der Waals surface area contributed by atoms with Gasteiger partial charge in [0.1, 0.15) is 6.07 Å². The summed E-state index contributed by atoms with van der Waals surface area (Å²) in [5.74, 6) is -1.71. The lowest BCUT2D eigenvalue weighted by atomic mass is 10.1. The highest BCUT2D eigenvalue weighted by atomic mass is 32.2. The van der Waals surface area contributed by atoms with Crippen molar-refractivity contribution in [1.82, 2.24) is 14.5 Å². The summed E-state index contributed by atoms with van der Waals surface area (Å²) in [7, 11) is -2.65. The Morgan fingerprint density at radius 2 is 1.91 bits per heavy atom. The third-order valence-corrected chi connectivity index (χ3v) is 6.29. The van der Waals surface area contributed by atoms with Crippen LogP contribution in [0.1, 0.15) is 23.2 Å². The Morgan fingerprint density at radius 1 is 1.18 bits per heavy atom. The minimum atomic E-state index is -4.62. The van der Waals surface area contributed by atoms with E-state index in [0.717, 1.165) is 0 Å². The summed E-state index contributed by atoms with van der Waals surface area (Å²) in [6, 6.07) is 10.6. The van der Waals surface area contributed by atoms with Crippen LogP contribution in [-0.4, -0.2) is 34.9 Å². The molecule has 0 bridgehead atoms. The van der Waals surface area contributed by atoms with Crippen molar-refractivity contribution in [2.75, 3.05) is 5.75 Å². The molecule has 12 heteroatoms. The lowest BCUT2D eigenvalue weighted by Gasteiger charge is -2.12. The normalized spacial score (nSPS) is 11.8. The number of aromatic nitrogens is 3. The fourth-order valence-corrected chi connectivity index (χ4v) is 4.31. The Labute approximate surface area is 193 Å². The molecule has 0 unspecified atom stereocenters. The summed E-state index contributed by atoms with van der Waals surface area (Å²) in [5.41, 5.74) is 1.01. The minimum Gasteiger partial charge on any atom is -0.423 e. The first-order chi connectivity index (χ1) is 15.9. The van der Waals surface area contributed by atoms with Crippen LogP contribution in [0.4, 0.5) is 13.2 Å². The van der Waals surface area contributed by atoms with E-state index in [9.17, 15) is 31.6 Å². The largest absolute Gasteiger partial charge is 0.423 e. The Morgan fingerprint density at radius 3 is 2.56 bits per heavy atom. The maximum atomic E-state index is 12.5. The van der Waals surface area contributed by atoms with Crippen LogP contribution < -0.4 is 10.3 Å². The van der Waals surface area contributed by atoms with Crippen LogP contribution in [0.25, 0.3) is 11.3 Å². The van der Waals surface area contributed by atoms with E-state index < -0.39 is 33.9 Å². The van der Waals surface area contributed by atoms with Gasteiger partial charge in [-0.05, 0) is 30.7 Å². The van der Waals surface area contributed by atoms with E-state index in [-0.39, 0.29) is 34.3 Å². The molecule has 8 nitrogen and oxygen atoms in total. The first-order valence-corrected chi connectivity index (χ1v) is 11.7. The van der Waals surface area contributed by atoms with E-state index in [4.69, 9.17) is 4.74 Å². The van der Waals surface area contributed by atoms with Crippen molar-refractivity contribution in [3.8, 4) is 29.1 Å². The number of aryl methyl sites for hydroxylation is 2. The van der Waals surface area contributed by atoms with Crippen molar-refractivity contribution in [2.24, 2.45) is 7.05 Å². The molecule has 178 valence electrons. The summed E-state index contributed by atoms with van der Waals surface area (Å²) in [5, 5.41) is 9.37. The number of para-hydroxylation sites is 1. The number of rotatable bonds is 7. The van der Waals surface area contributed by atoms with Crippen molar-refractivity contribution < 1.29 is 26.3 Å². The number of pyridine rings is 1. The molecular weight excluding hydrogens is 473 g/mol. The molecule has 2 heterocycles. The number of nitriles is 1. The summed E-state index contributed by atoms with van der Waals surface area (Å²) >= 11 is 0. The molecule has 3 rings (SSSR count). The zero-order chi connectivity index (χ0) is 25.1. The maximum Gasteiger partial charge on any atom is 0.390 e. The molecule has 0 saturated carbocycles. The van der Waals surface area contributed by atoms with Crippen molar-refractivity contribution in [2.45, 2.75) is 25.3 Å². The molecule has 3 aromatic rings. The number of sulfone groups is 1. The van der Waals surface area contributed by atoms with Gasteiger partial charge in [-0.15, -0.1) is 0 Å². The zero-order valence-electron chi connectivity index (χ0n) is 18.1. The van der Waals surface area contributed by atoms with Gasteiger partial charge in [0.15, 0.2) is 15.6 Å². The molecule has 0 aliphatic carbocycles. The van der Waals surface area contributed by atoms with Gasteiger partial charge in [-0.2, -0.15) is 28.4 Å². The highest BCUT2D eigenvalue weighted by Gasteiger charge is 2.30. The summed E-state index contributed by atoms with van der Waals surface area (Å²) in [6.45, 7) is 1.69. The quantitative estimate of drug-likeness (QED) is 0.494. The van der Waals surface area contributed by atoms with E-state index in [0.29, 0.717) is 11.1 Å². The Kier molecular flexibility index (Phi) is 7.07. The summed E-state index contributed by atoms with van der Waals surface area (Å²) in [6.07, 6.45) is -4.64. The maximum absolute atomic E-state index is 12.5. The molecular formula is C22H19F3N4O4S.